The van der Waals surface area contributed by atoms with Crippen molar-refractivity contribution < 1.29 is 8.42 Å². The first-order chi connectivity index (χ1) is 10.4. The predicted molar refractivity (Wildman–Crippen MR) is 83.8 cm³/mol. The minimum Gasteiger partial charge on any atom is -0.313 e. The van der Waals surface area contributed by atoms with E-state index in [0.29, 0.717) is 17.6 Å². The summed E-state index contributed by atoms with van der Waals surface area (Å²) >= 11 is 0. The number of rotatable bonds is 2. The van der Waals surface area contributed by atoms with Crippen LogP contribution in [-0.4, -0.2) is 31.0 Å². The molecule has 0 aliphatic carbocycles. The minimum absolute atomic E-state index is 0.0828. The van der Waals surface area contributed by atoms with Gasteiger partial charge in [0.2, 0.25) is 10.0 Å². The van der Waals surface area contributed by atoms with E-state index in [4.69, 9.17) is 5.14 Å². The normalized spacial score (nSPS) is 19.2. The largest absolute Gasteiger partial charge is 0.313 e. The Morgan fingerprint density at radius 2 is 2.14 bits per heavy atom. The van der Waals surface area contributed by atoms with Crippen molar-refractivity contribution in [3.05, 3.63) is 40.5 Å². The first-order valence-corrected chi connectivity index (χ1v) is 8.38. The van der Waals surface area contributed by atoms with Crippen LogP contribution < -0.4 is 16.0 Å². The molecule has 0 bridgehead atoms. The number of nitrogens with zero attached hydrogens (tertiary/aromatic N) is 1. The maximum absolute atomic E-state index is 12.0. The molecule has 0 saturated heterocycles. The van der Waals surface area contributed by atoms with Crippen LogP contribution in [0.5, 0.6) is 0 Å². The van der Waals surface area contributed by atoms with Crippen LogP contribution in [0.25, 0.3) is 16.5 Å². The molecule has 8 heteroatoms. The van der Waals surface area contributed by atoms with Gasteiger partial charge in [0.05, 0.1) is 22.1 Å². The maximum atomic E-state index is 12.0. The molecule has 116 valence electrons. The number of aromatic amines is 1. The van der Waals surface area contributed by atoms with Gasteiger partial charge in [0.25, 0.3) is 5.56 Å². The summed E-state index contributed by atoms with van der Waals surface area (Å²) in [4.78, 5) is 18.6. The van der Waals surface area contributed by atoms with Crippen LogP contribution in [0.2, 0.25) is 0 Å². The van der Waals surface area contributed by atoms with E-state index in [1.54, 1.807) is 0 Å². The number of hydrogen-bond acceptors (Lipinski definition) is 5. The number of hydrogen-bond donors (Lipinski definition) is 3. The fourth-order valence-electron chi connectivity index (χ4n) is 2.65. The third kappa shape index (κ3) is 2.68. The molecule has 0 radical (unpaired) electrons. The van der Waals surface area contributed by atoms with Gasteiger partial charge >= 0.3 is 0 Å². The van der Waals surface area contributed by atoms with Crippen molar-refractivity contribution in [1.29, 1.82) is 0 Å². The van der Waals surface area contributed by atoms with Crippen molar-refractivity contribution in [3.63, 3.8) is 0 Å². The van der Waals surface area contributed by atoms with Crippen molar-refractivity contribution in [2.75, 3.05) is 6.54 Å². The molecule has 7 nitrogen and oxygen atoms in total. The van der Waals surface area contributed by atoms with Gasteiger partial charge in [0.15, 0.2) is 0 Å². The fourth-order valence-corrected chi connectivity index (χ4v) is 3.22. The van der Waals surface area contributed by atoms with Crippen LogP contribution in [0.1, 0.15) is 18.9 Å². The molecular formula is C14H16N4O3S. The molecule has 0 saturated carbocycles. The summed E-state index contributed by atoms with van der Waals surface area (Å²) in [7, 11) is -3.91. The summed E-state index contributed by atoms with van der Waals surface area (Å²) in [5.74, 6) is 0. The van der Waals surface area contributed by atoms with Crippen molar-refractivity contribution in [3.8, 4) is 0 Å². The van der Waals surface area contributed by atoms with E-state index >= 15 is 0 Å². The summed E-state index contributed by atoms with van der Waals surface area (Å²) in [6.45, 7) is 2.72. The van der Waals surface area contributed by atoms with Crippen molar-refractivity contribution in [2.24, 2.45) is 5.14 Å². The van der Waals surface area contributed by atoms with Crippen molar-refractivity contribution in [1.82, 2.24) is 15.3 Å². The summed E-state index contributed by atoms with van der Waals surface area (Å²) in [5.41, 5.74) is 1.69. The standard InChI is InChI=1S/C14H16N4O3S/c1-8-4-9(2-3-16-8)11-5-10(22(15,20)21)6-12-13(11)17-7-18-14(12)19/h2,5-8,16H,3-4H2,1H3,(H2,15,20,21)(H,17,18,19)/t8-/m1/s1. The van der Waals surface area contributed by atoms with E-state index in [2.05, 4.69) is 15.3 Å². The molecule has 1 aromatic heterocycles. The lowest BCUT2D eigenvalue weighted by Gasteiger charge is -2.21. The van der Waals surface area contributed by atoms with Crippen molar-refractivity contribution in [2.45, 2.75) is 24.3 Å². The van der Waals surface area contributed by atoms with E-state index in [9.17, 15) is 13.2 Å². The molecule has 0 unspecified atom stereocenters. The molecule has 0 fully saturated rings. The average Bonchev–Trinajstić information content (AvgIpc) is 2.46. The number of fused-ring (bicyclic) bond motifs is 1. The first kappa shape index (κ1) is 14.9. The monoisotopic (exact) mass is 320 g/mol. The van der Waals surface area contributed by atoms with Gasteiger partial charge in [-0.15, -0.1) is 0 Å². The van der Waals surface area contributed by atoms with Crippen LogP contribution >= 0.6 is 0 Å². The second-order valence-electron chi connectivity index (χ2n) is 5.39. The van der Waals surface area contributed by atoms with Gasteiger partial charge in [-0.1, -0.05) is 6.08 Å². The molecule has 4 N–H and O–H groups in total. The van der Waals surface area contributed by atoms with E-state index in [1.807, 2.05) is 13.0 Å². The minimum atomic E-state index is -3.91. The Kier molecular flexibility index (Phi) is 3.59. The SMILES string of the molecule is C[C@@H]1CC(c2cc(S(N)(=O)=O)cc3c(=O)[nH]cnc23)=CCN1. The lowest BCUT2D eigenvalue weighted by molar-refractivity contribution is 0.579. The van der Waals surface area contributed by atoms with E-state index in [1.165, 1.54) is 18.5 Å². The highest BCUT2D eigenvalue weighted by Gasteiger charge is 2.19. The van der Waals surface area contributed by atoms with Crippen LogP contribution in [0, 0.1) is 0 Å². The van der Waals surface area contributed by atoms with Crippen molar-refractivity contribution >= 4 is 26.5 Å². The molecular weight excluding hydrogens is 304 g/mol. The van der Waals surface area contributed by atoms with Gasteiger partial charge in [-0.3, -0.25) is 4.79 Å². The Labute approximate surface area is 127 Å². The topological polar surface area (TPSA) is 118 Å². The van der Waals surface area contributed by atoms with Gasteiger partial charge in [-0.2, -0.15) is 0 Å². The van der Waals surface area contributed by atoms with Gasteiger partial charge in [-0.05, 0) is 31.1 Å². The molecule has 1 atom stereocenters. The van der Waals surface area contributed by atoms with E-state index in [-0.39, 0.29) is 21.9 Å². The molecule has 3 rings (SSSR count). The molecule has 0 amide bonds. The predicted octanol–water partition coefficient (Wildman–Crippen LogP) is 0.336. The zero-order valence-electron chi connectivity index (χ0n) is 12.0. The van der Waals surface area contributed by atoms with E-state index < -0.39 is 10.0 Å². The zero-order chi connectivity index (χ0) is 15.9. The summed E-state index contributed by atoms with van der Waals surface area (Å²) < 4.78 is 23.4. The summed E-state index contributed by atoms with van der Waals surface area (Å²) in [6, 6.07) is 3.02. The third-order valence-corrected chi connectivity index (χ3v) is 4.63. The fraction of sp³-hybridized carbons (Fsp3) is 0.286. The smallest absolute Gasteiger partial charge is 0.258 e. The maximum Gasteiger partial charge on any atom is 0.258 e. The highest BCUT2D eigenvalue weighted by molar-refractivity contribution is 7.89. The Hall–Kier alpha value is -2.03. The Balaban J connectivity index is 2.35. The molecule has 0 spiro atoms. The zero-order valence-corrected chi connectivity index (χ0v) is 12.8. The Morgan fingerprint density at radius 1 is 1.36 bits per heavy atom. The van der Waals surface area contributed by atoms with E-state index in [0.717, 1.165) is 12.0 Å². The molecule has 1 aliphatic heterocycles. The van der Waals surface area contributed by atoms with Gasteiger partial charge in [0, 0.05) is 18.2 Å². The van der Waals surface area contributed by atoms with Gasteiger partial charge < -0.3 is 10.3 Å². The second-order valence-corrected chi connectivity index (χ2v) is 6.95. The molecule has 1 aromatic carbocycles. The summed E-state index contributed by atoms with van der Waals surface area (Å²) in [6.07, 6.45) is 4.01. The van der Waals surface area contributed by atoms with Crippen LogP contribution in [0.4, 0.5) is 0 Å². The number of aromatic nitrogens is 2. The third-order valence-electron chi connectivity index (χ3n) is 3.73. The highest BCUT2D eigenvalue weighted by Crippen LogP contribution is 2.29. The van der Waals surface area contributed by atoms with Gasteiger partial charge in [-0.25, -0.2) is 18.5 Å². The molecule has 1 aliphatic rings. The molecule has 2 aromatic rings. The second kappa shape index (κ2) is 5.31. The number of primary sulfonamides is 1. The van der Waals surface area contributed by atoms with Crippen LogP contribution in [0.3, 0.4) is 0 Å². The molecule has 2 heterocycles. The Morgan fingerprint density at radius 3 is 2.82 bits per heavy atom. The highest BCUT2D eigenvalue weighted by atomic mass is 32.2. The number of nitrogens with one attached hydrogen (secondary N) is 2. The number of H-pyrrole nitrogens is 1. The first-order valence-electron chi connectivity index (χ1n) is 6.83. The lowest BCUT2D eigenvalue weighted by atomic mass is 9.94. The number of nitrogens with two attached hydrogens (primary N) is 1. The number of sulfonamides is 1. The lowest BCUT2D eigenvalue weighted by Crippen LogP contribution is -2.30. The Bertz CT molecular complexity index is 931. The van der Waals surface area contributed by atoms with Crippen LogP contribution in [-0.2, 0) is 10.0 Å². The van der Waals surface area contributed by atoms with Gasteiger partial charge in [0.1, 0.15) is 0 Å². The number of benzene rings is 1. The average molecular weight is 320 g/mol. The summed E-state index contributed by atoms with van der Waals surface area (Å²) in [5, 5.41) is 8.73. The molecule has 22 heavy (non-hydrogen) atoms. The van der Waals surface area contributed by atoms with Crippen LogP contribution in [0.15, 0.2) is 34.2 Å². The quantitative estimate of drug-likeness (QED) is 0.737.